The van der Waals surface area contributed by atoms with Gasteiger partial charge in [-0.15, -0.1) is 0 Å². The number of azide groups is 1. The Kier molecular flexibility index (Phi) is 5.32. The zero-order valence-electron chi connectivity index (χ0n) is 14.4. The summed E-state index contributed by atoms with van der Waals surface area (Å²) in [4.78, 5) is 14.4. The topological polar surface area (TPSA) is 75.1 Å². The largest absolute Gasteiger partial charge is 0.487 e. The van der Waals surface area contributed by atoms with E-state index in [2.05, 4.69) is 42.9 Å². The molecule has 0 saturated heterocycles. The van der Waals surface area contributed by atoms with Gasteiger partial charge in [0.25, 0.3) is 0 Å². The van der Waals surface area contributed by atoms with Crippen LogP contribution in [-0.4, -0.2) is 12.5 Å². The molecule has 0 heterocycles. The van der Waals surface area contributed by atoms with Crippen molar-refractivity contribution in [2.75, 3.05) is 6.73 Å². The quantitative estimate of drug-likeness (QED) is 0.395. The summed E-state index contributed by atoms with van der Waals surface area (Å²) >= 11 is 0. The van der Waals surface area contributed by atoms with Crippen LogP contribution >= 0.6 is 0 Å². The summed E-state index contributed by atoms with van der Waals surface area (Å²) in [5, 5.41) is 3.48. The Labute approximate surface area is 137 Å². The summed E-state index contributed by atoms with van der Waals surface area (Å²) < 4.78 is 5.75. The van der Waals surface area contributed by atoms with Gasteiger partial charge in [-0.2, -0.15) is 0 Å². The number of rotatable bonds is 7. The zero-order chi connectivity index (χ0) is 17.0. The predicted octanol–water partition coefficient (Wildman–Crippen LogP) is 5.17. The van der Waals surface area contributed by atoms with E-state index in [4.69, 9.17) is 10.3 Å². The molecule has 0 bridgehead atoms. The molecule has 1 aromatic carbocycles. The summed E-state index contributed by atoms with van der Waals surface area (Å²) in [6.45, 7) is 7.76. The van der Waals surface area contributed by atoms with Crippen molar-refractivity contribution < 1.29 is 9.53 Å². The molecular weight excluding hydrogens is 290 g/mol. The van der Waals surface area contributed by atoms with Gasteiger partial charge in [0.1, 0.15) is 11.5 Å². The minimum absolute atomic E-state index is 0.0345. The fourth-order valence-electron chi connectivity index (χ4n) is 3.58. The second-order valence-corrected chi connectivity index (χ2v) is 7.11. The van der Waals surface area contributed by atoms with Gasteiger partial charge in [0, 0.05) is 22.3 Å². The number of Topliss-reactive ketones (excluding diaryl/α,β-unsaturated/α-hetero) is 1. The highest BCUT2D eigenvalue weighted by atomic mass is 16.5. The molecule has 0 atom stereocenters. The first-order valence-electron chi connectivity index (χ1n) is 8.13. The van der Waals surface area contributed by atoms with Crippen LogP contribution in [-0.2, 0) is 10.2 Å². The molecule has 0 aromatic heterocycles. The van der Waals surface area contributed by atoms with Gasteiger partial charge in [-0.05, 0) is 55.3 Å². The highest BCUT2D eigenvalue weighted by Crippen LogP contribution is 2.43. The molecule has 0 aliphatic heterocycles. The highest BCUT2D eigenvalue weighted by Gasteiger charge is 2.30. The Morgan fingerprint density at radius 2 is 2.13 bits per heavy atom. The van der Waals surface area contributed by atoms with E-state index in [1.807, 2.05) is 0 Å². The van der Waals surface area contributed by atoms with Gasteiger partial charge in [0.05, 0.1) is 0 Å². The minimum Gasteiger partial charge on any atom is -0.487 e. The van der Waals surface area contributed by atoms with Gasteiger partial charge in [0.2, 0.25) is 0 Å². The van der Waals surface area contributed by atoms with Crippen LogP contribution in [0.2, 0.25) is 0 Å². The molecule has 1 aliphatic rings. The smallest absolute Gasteiger partial charge is 0.167 e. The van der Waals surface area contributed by atoms with E-state index in [-0.39, 0.29) is 17.9 Å². The van der Waals surface area contributed by atoms with Gasteiger partial charge in [-0.25, -0.2) is 0 Å². The lowest BCUT2D eigenvalue weighted by Crippen LogP contribution is -2.23. The third-order valence-corrected chi connectivity index (χ3v) is 4.61. The van der Waals surface area contributed by atoms with Gasteiger partial charge in [-0.3, -0.25) is 4.79 Å². The third kappa shape index (κ3) is 4.05. The summed E-state index contributed by atoms with van der Waals surface area (Å²) in [7, 11) is 0. The lowest BCUT2D eigenvalue weighted by molar-refractivity contribution is -0.118. The Balaban J connectivity index is 2.44. The molecule has 2 rings (SSSR count). The first-order chi connectivity index (χ1) is 10.8. The lowest BCUT2D eigenvalue weighted by atomic mass is 9.74. The zero-order valence-corrected chi connectivity index (χ0v) is 14.4. The monoisotopic (exact) mass is 315 g/mol. The number of nitrogens with zero attached hydrogens (tertiary/aromatic N) is 3. The summed E-state index contributed by atoms with van der Waals surface area (Å²) in [5.74, 6) is 1.49. The summed E-state index contributed by atoms with van der Waals surface area (Å²) in [6.07, 6.45) is 4.15. The van der Waals surface area contributed by atoms with Crippen molar-refractivity contribution >= 4 is 5.78 Å². The second-order valence-electron chi connectivity index (χ2n) is 7.11. The van der Waals surface area contributed by atoms with Gasteiger partial charge in [-0.1, -0.05) is 31.4 Å². The van der Waals surface area contributed by atoms with Crippen molar-refractivity contribution in [3.05, 3.63) is 39.3 Å². The van der Waals surface area contributed by atoms with Gasteiger partial charge >= 0.3 is 0 Å². The van der Waals surface area contributed by atoms with Crippen molar-refractivity contribution in [2.24, 2.45) is 5.11 Å². The molecule has 124 valence electrons. The molecule has 0 N–H and O–H groups in total. The van der Waals surface area contributed by atoms with Crippen LogP contribution < -0.4 is 4.74 Å². The number of hydrogen-bond acceptors (Lipinski definition) is 3. The average Bonchev–Trinajstić information content (AvgIpc) is 2.34. The van der Waals surface area contributed by atoms with E-state index in [0.29, 0.717) is 12.3 Å². The van der Waals surface area contributed by atoms with E-state index in [1.54, 1.807) is 6.92 Å². The maximum absolute atomic E-state index is 11.6. The van der Waals surface area contributed by atoms with Crippen LogP contribution in [0.4, 0.5) is 0 Å². The number of hydrogen-bond donors (Lipinski definition) is 0. The molecule has 23 heavy (non-hydrogen) atoms. The normalized spacial score (nSPS) is 14.8. The van der Waals surface area contributed by atoms with E-state index in [9.17, 15) is 4.79 Å². The van der Waals surface area contributed by atoms with Crippen LogP contribution in [0.3, 0.4) is 0 Å². The second kappa shape index (κ2) is 7.05. The van der Waals surface area contributed by atoms with Gasteiger partial charge < -0.3 is 4.74 Å². The van der Waals surface area contributed by atoms with Crippen molar-refractivity contribution in [1.29, 1.82) is 0 Å². The molecule has 0 amide bonds. The Morgan fingerprint density at radius 3 is 2.65 bits per heavy atom. The van der Waals surface area contributed by atoms with Crippen molar-refractivity contribution in [2.45, 2.75) is 64.7 Å². The van der Waals surface area contributed by atoms with Crippen LogP contribution in [0.25, 0.3) is 10.4 Å². The molecular formula is C18H25N3O2. The predicted molar refractivity (Wildman–Crippen MR) is 90.7 cm³/mol. The summed E-state index contributed by atoms with van der Waals surface area (Å²) in [5.41, 5.74) is 11.6. The molecule has 5 nitrogen and oxygen atoms in total. The highest BCUT2D eigenvalue weighted by molar-refractivity contribution is 5.77. The number of ketones is 1. The lowest BCUT2D eigenvalue weighted by Gasteiger charge is -2.32. The fraction of sp³-hybridized carbons (Fsp3) is 0.611. The van der Waals surface area contributed by atoms with E-state index < -0.39 is 0 Å². The molecule has 1 aliphatic carbocycles. The number of carbonyl (C=O) groups excluding carboxylic acids is 1. The van der Waals surface area contributed by atoms with Crippen molar-refractivity contribution in [3.8, 4) is 5.75 Å². The average molecular weight is 315 g/mol. The number of benzene rings is 1. The third-order valence-electron chi connectivity index (χ3n) is 4.61. The molecule has 0 radical (unpaired) electrons. The summed E-state index contributed by atoms with van der Waals surface area (Å²) in [6, 6.07) is 4.29. The van der Waals surface area contributed by atoms with E-state index in [1.165, 1.54) is 24.8 Å². The van der Waals surface area contributed by atoms with Crippen molar-refractivity contribution in [3.63, 3.8) is 0 Å². The molecule has 1 fully saturated rings. The fourth-order valence-corrected chi connectivity index (χ4v) is 3.58. The van der Waals surface area contributed by atoms with E-state index >= 15 is 0 Å². The molecule has 1 saturated carbocycles. The van der Waals surface area contributed by atoms with Crippen LogP contribution in [0.15, 0.2) is 17.2 Å². The first kappa shape index (κ1) is 17.4. The number of ether oxygens (including phenoxy) is 1. The Bertz CT molecular complexity index is 642. The molecule has 5 heteroatoms. The maximum Gasteiger partial charge on any atom is 0.167 e. The van der Waals surface area contributed by atoms with Crippen LogP contribution in [0.5, 0.6) is 5.75 Å². The standard InChI is InChI=1S/C18H25N3O2/c1-12-8-15(14-6-5-7-14)9-16(23-11-20-21-19)17(12)18(3,4)10-13(2)22/h8-9,14H,5-7,10-11H2,1-4H3. The van der Waals surface area contributed by atoms with Crippen LogP contribution in [0.1, 0.15) is 69.1 Å². The molecule has 0 spiro atoms. The first-order valence-corrected chi connectivity index (χ1v) is 8.13. The minimum atomic E-state index is -0.320. The van der Waals surface area contributed by atoms with Gasteiger partial charge in [0.15, 0.2) is 6.73 Å². The molecule has 0 unspecified atom stereocenters. The van der Waals surface area contributed by atoms with Crippen LogP contribution in [0, 0.1) is 6.92 Å². The number of aryl methyl sites for hydroxylation is 1. The molecule has 1 aromatic rings. The Morgan fingerprint density at radius 1 is 1.43 bits per heavy atom. The van der Waals surface area contributed by atoms with Crippen molar-refractivity contribution in [1.82, 2.24) is 0 Å². The SMILES string of the molecule is CC(=O)CC(C)(C)c1c(C)cc(C2CCC2)cc1OCN=[N+]=[N-]. The Hall–Kier alpha value is -2.00. The maximum atomic E-state index is 11.6. The number of carbonyl (C=O) groups is 1. The van der Waals surface area contributed by atoms with E-state index in [0.717, 1.165) is 16.9 Å².